The van der Waals surface area contributed by atoms with Gasteiger partial charge in [0.25, 0.3) is 0 Å². The van der Waals surface area contributed by atoms with Crippen LogP contribution in [0.15, 0.2) is 18.2 Å². The molecular weight excluding hydrogens is 196 g/mol. The van der Waals surface area contributed by atoms with E-state index in [-0.39, 0.29) is 6.42 Å². The van der Waals surface area contributed by atoms with E-state index in [1.54, 1.807) is 32.4 Å². The van der Waals surface area contributed by atoms with Crippen LogP contribution in [0.25, 0.3) is 0 Å². The van der Waals surface area contributed by atoms with Crippen molar-refractivity contribution in [1.82, 2.24) is 0 Å². The van der Waals surface area contributed by atoms with Crippen molar-refractivity contribution in [2.45, 2.75) is 12.8 Å². The van der Waals surface area contributed by atoms with E-state index in [4.69, 9.17) is 9.47 Å². The van der Waals surface area contributed by atoms with Crippen molar-refractivity contribution in [2.24, 2.45) is 0 Å². The summed E-state index contributed by atoms with van der Waals surface area (Å²) in [4.78, 5) is 10.3. The monoisotopic (exact) mass is 209 g/mol. The van der Waals surface area contributed by atoms with Gasteiger partial charge in [0.2, 0.25) is 0 Å². The lowest BCUT2D eigenvalue weighted by atomic mass is 10.1. The summed E-state index contributed by atoms with van der Waals surface area (Å²) >= 11 is 0. The minimum atomic E-state index is -1.06. The maximum Gasteiger partial charge on any atom is 0.355 e. The van der Waals surface area contributed by atoms with Gasteiger partial charge in [0, 0.05) is 6.07 Å². The maximum atomic E-state index is 10.3. The van der Waals surface area contributed by atoms with E-state index in [1.807, 2.05) is 0 Å². The fourth-order valence-electron chi connectivity index (χ4n) is 1.26. The second kappa shape index (κ2) is 5.24. The molecule has 0 amide bonds. The fourth-order valence-corrected chi connectivity index (χ4v) is 1.26. The molecule has 1 aromatic carbocycles. The van der Waals surface area contributed by atoms with Crippen molar-refractivity contribution in [1.29, 1.82) is 0 Å². The Bertz CT molecular complexity index is 324. The molecule has 0 bridgehead atoms. The summed E-state index contributed by atoms with van der Waals surface area (Å²) in [6.45, 7) is 0. The molecule has 0 aromatic heterocycles. The van der Waals surface area contributed by atoms with E-state index in [2.05, 4.69) is 0 Å². The highest BCUT2D eigenvalue weighted by Gasteiger charge is 2.05. The van der Waals surface area contributed by atoms with E-state index < -0.39 is 5.97 Å². The number of carbonyl (C=O) groups is 1. The van der Waals surface area contributed by atoms with E-state index >= 15 is 0 Å². The largest absolute Gasteiger partial charge is 0.497 e. The highest BCUT2D eigenvalue weighted by Crippen LogP contribution is 2.23. The van der Waals surface area contributed by atoms with Gasteiger partial charge in [-0.2, -0.15) is 0 Å². The molecule has 0 atom stereocenters. The molecule has 0 heterocycles. The van der Waals surface area contributed by atoms with Gasteiger partial charge in [-0.25, -0.2) is 9.90 Å². The maximum absolute atomic E-state index is 10.3. The molecule has 0 aliphatic carbocycles. The number of ether oxygens (including phenoxy) is 2. The lowest BCUT2D eigenvalue weighted by Gasteiger charge is -2.07. The van der Waals surface area contributed by atoms with Gasteiger partial charge in [0.1, 0.15) is 11.5 Å². The first-order valence-corrected chi connectivity index (χ1v) is 4.57. The first-order chi connectivity index (χ1) is 7.15. The molecule has 0 unspecified atom stereocenters. The van der Waals surface area contributed by atoms with E-state index in [9.17, 15) is 9.90 Å². The van der Waals surface area contributed by atoms with Gasteiger partial charge in [-0.15, -0.1) is 0 Å². The Labute approximate surface area is 88.4 Å². The molecule has 81 valence electrons. The molecule has 4 heteroatoms. The number of hydrogen-bond acceptors (Lipinski definition) is 3. The Morgan fingerprint density at radius 2 is 1.67 bits per heavy atom. The van der Waals surface area contributed by atoms with Gasteiger partial charge in [-0.1, -0.05) is 0 Å². The molecule has 0 aliphatic heterocycles. The van der Waals surface area contributed by atoms with Crippen molar-refractivity contribution in [3.05, 3.63) is 23.8 Å². The van der Waals surface area contributed by atoms with E-state index in [0.717, 1.165) is 5.56 Å². The van der Waals surface area contributed by atoms with Crippen molar-refractivity contribution >= 4 is 5.97 Å². The Morgan fingerprint density at radius 3 is 2.07 bits per heavy atom. The molecule has 0 aliphatic rings. The summed E-state index contributed by atoms with van der Waals surface area (Å²) in [5, 5.41) is 10.3. The molecule has 0 N–H and O–H groups in total. The Balaban J connectivity index is 2.81. The highest BCUT2D eigenvalue weighted by molar-refractivity contribution is 5.66. The topological polar surface area (TPSA) is 55.4 Å². The van der Waals surface area contributed by atoms with Crippen LogP contribution in [-0.2, 0) is 16.3 Å². The molecule has 15 heavy (non-hydrogen) atoms. The molecule has 0 spiro atoms. The van der Waals surface area contributed by atoms with Crippen LogP contribution in [0.2, 0.25) is 0 Å². The van der Waals surface area contributed by atoms with Gasteiger partial charge < -0.3 is 9.47 Å². The smallest absolute Gasteiger partial charge is 0.355 e. The Morgan fingerprint density at radius 1 is 1.13 bits per heavy atom. The van der Waals surface area contributed by atoms with Crippen LogP contribution in [0.3, 0.4) is 0 Å². The molecule has 1 rings (SSSR count). The lowest BCUT2D eigenvalue weighted by molar-refractivity contribution is -0.143. The molecular formula is C11H13O4. The van der Waals surface area contributed by atoms with Gasteiger partial charge in [-0.3, -0.25) is 0 Å². The Kier molecular flexibility index (Phi) is 3.97. The van der Waals surface area contributed by atoms with Crippen molar-refractivity contribution in [3.8, 4) is 11.5 Å². The summed E-state index contributed by atoms with van der Waals surface area (Å²) < 4.78 is 10.1. The average Bonchev–Trinajstić information content (AvgIpc) is 2.25. The number of benzene rings is 1. The summed E-state index contributed by atoms with van der Waals surface area (Å²) in [5.41, 5.74) is 0.857. The fraction of sp³-hybridized carbons (Fsp3) is 0.364. The predicted molar refractivity (Wildman–Crippen MR) is 53.6 cm³/mol. The molecule has 0 saturated heterocycles. The minimum absolute atomic E-state index is 0.00365. The number of methoxy groups -OCH3 is 2. The first kappa shape index (κ1) is 11.4. The Hall–Kier alpha value is -1.71. The molecule has 0 saturated carbocycles. The average molecular weight is 209 g/mol. The van der Waals surface area contributed by atoms with Crippen LogP contribution in [-0.4, -0.2) is 20.2 Å². The van der Waals surface area contributed by atoms with Gasteiger partial charge in [0.15, 0.2) is 0 Å². The van der Waals surface area contributed by atoms with Gasteiger partial charge >= 0.3 is 5.97 Å². The summed E-state index contributed by atoms with van der Waals surface area (Å²) in [7, 11) is 3.11. The normalized spacial score (nSPS) is 9.73. The summed E-state index contributed by atoms with van der Waals surface area (Å²) in [6, 6.07) is 5.30. The van der Waals surface area contributed by atoms with Crippen LogP contribution in [0.1, 0.15) is 12.0 Å². The predicted octanol–water partition coefficient (Wildman–Crippen LogP) is 1.59. The van der Waals surface area contributed by atoms with Crippen LogP contribution < -0.4 is 9.47 Å². The van der Waals surface area contributed by atoms with Crippen LogP contribution >= 0.6 is 0 Å². The molecule has 1 aromatic rings. The van der Waals surface area contributed by atoms with Crippen molar-refractivity contribution in [2.75, 3.05) is 14.2 Å². The number of aryl methyl sites for hydroxylation is 1. The number of rotatable bonds is 5. The first-order valence-electron chi connectivity index (χ1n) is 4.57. The van der Waals surface area contributed by atoms with E-state index in [0.29, 0.717) is 17.9 Å². The van der Waals surface area contributed by atoms with Crippen molar-refractivity contribution in [3.63, 3.8) is 0 Å². The van der Waals surface area contributed by atoms with Gasteiger partial charge in [-0.05, 0) is 24.1 Å². The van der Waals surface area contributed by atoms with Gasteiger partial charge in [0.05, 0.1) is 20.6 Å². The van der Waals surface area contributed by atoms with Crippen molar-refractivity contribution < 1.29 is 19.4 Å². The zero-order chi connectivity index (χ0) is 11.3. The summed E-state index contributed by atoms with van der Waals surface area (Å²) in [5.74, 6) is 0.252. The third-order valence-corrected chi connectivity index (χ3v) is 2.03. The third-order valence-electron chi connectivity index (χ3n) is 2.03. The van der Waals surface area contributed by atoms with Crippen LogP contribution in [0.4, 0.5) is 0 Å². The van der Waals surface area contributed by atoms with E-state index in [1.165, 1.54) is 0 Å². The zero-order valence-electron chi connectivity index (χ0n) is 8.78. The minimum Gasteiger partial charge on any atom is -0.497 e. The quantitative estimate of drug-likeness (QED) is 0.740. The second-order valence-electron chi connectivity index (χ2n) is 3.09. The van der Waals surface area contributed by atoms with Crippen LogP contribution in [0, 0.1) is 0 Å². The van der Waals surface area contributed by atoms with Crippen LogP contribution in [0.5, 0.6) is 11.5 Å². The number of hydrogen-bond donors (Lipinski definition) is 0. The SMILES string of the molecule is COc1cc(CCC([O])=O)cc(OC)c1. The lowest BCUT2D eigenvalue weighted by Crippen LogP contribution is -1.97. The highest BCUT2D eigenvalue weighted by atomic mass is 16.5. The molecule has 0 fully saturated rings. The third kappa shape index (κ3) is 3.50. The molecule has 1 radical (unpaired) electrons. The zero-order valence-corrected chi connectivity index (χ0v) is 8.78. The molecule has 4 nitrogen and oxygen atoms in total. The second-order valence-corrected chi connectivity index (χ2v) is 3.09. The number of carbonyl (C=O) groups excluding carboxylic acids is 1. The summed E-state index contributed by atoms with van der Waals surface area (Å²) in [6.07, 6.45) is 0.409. The standard InChI is InChI=1S/C11H13O4/c1-14-9-5-8(3-4-11(12)13)6-10(7-9)15-2/h5-7H,3-4H2,1-2H3.